The minimum absolute atomic E-state index is 0. The number of aryl methyl sites for hydroxylation is 2. The zero-order valence-electron chi connectivity index (χ0n) is 11.8. The molecule has 1 aromatic rings. The van der Waals surface area contributed by atoms with E-state index in [0.717, 1.165) is 22.8 Å². The summed E-state index contributed by atoms with van der Waals surface area (Å²) in [5.74, 6) is 2.71. The molecule has 1 fully saturated rings. The Morgan fingerprint density at radius 2 is 2.25 bits per heavy atom. The molecule has 5 nitrogen and oxygen atoms in total. The van der Waals surface area contributed by atoms with Crippen LogP contribution in [0, 0.1) is 19.8 Å². The molecule has 0 spiro atoms. The van der Waals surface area contributed by atoms with Crippen molar-refractivity contribution in [1.29, 1.82) is 0 Å². The molecule has 7 heteroatoms. The molecule has 20 heavy (non-hydrogen) atoms. The standard InChI is InChI=1S/C13H21N3O2S.ClH/c1-8-11(9(2)18-16-8)6-19-7-13(17)15-12(5-14)10-3-4-10;/h10,12H,3-7,14H2,1-2H3,(H,15,17);1H. The first-order valence-corrected chi connectivity index (χ1v) is 7.76. The van der Waals surface area contributed by atoms with Crippen LogP contribution in [0.5, 0.6) is 0 Å². The molecule has 1 amide bonds. The Labute approximate surface area is 129 Å². The second-order valence-electron chi connectivity index (χ2n) is 5.04. The van der Waals surface area contributed by atoms with Gasteiger partial charge in [0.1, 0.15) is 5.76 Å². The molecule has 0 aliphatic heterocycles. The fourth-order valence-corrected chi connectivity index (χ4v) is 3.06. The van der Waals surface area contributed by atoms with E-state index in [-0.39, 0.29) is 24.4 Å². The summed E-state index contributed by atoms with van der Waals surface area (Å²) >= 11 is 1.58. The van der Waals surface area contributed by atoms with Crippen molar-refractivity contribution in [2.75, 3.05) is 12.3 Å². The van der Waals surface area contributed by atoms with Crippen LogP contribution in [-0.2, 0) is 10.5 Å². The van der Waals surface area contributed by atoms with Gasteiger partial charge in [-0.05, 0) is 32.6 Å². The summed E-state index contributed by atoms with van der Waals surface area (Å²) in [6, 6.07) is 0.159. The molecule has 1 atom stereocenters. The zero-order chi connectivity index (χ0) is 13.8. The molecule has 0 bridgehead atoms. The lowest BCUT2D eigenvalue weighted by Crippen LogP contribution is -2.42. The van der Waals surface area contributed by atoms with Crippen molar-refractivity contribution in [1.82, 2.24) is 10.5 Å². The minimum atomic E-state index is 0. The second kappa shape index (κ2) is 7.90. The monoisotopic (exact) mass is 319 g/mol. The number of nitrogens with zero attached hydrogens (tertiary/aromatic N) is 1. The van der Waals surface area contributed by atoms with Crippen LogP contribution in [0.15, 0.2) is 4.52 Å². The molecule has 0 aromatic carbocycles. The van der Waals surface area contributed by atoms with E-state index in [0.29, 0.717) is 18.2 Å². The molecule has 1 unspecified atom stereocenters. The first-order valence-electron chi connectivity index (χ1n) is 6.60. The summed E-state index contributed by atoms with van der Waals surface area (Å²) in [4.78, 5) is 11.8. The van der Waals surface area contributed by atoms with Gasteiger partial charge in [0.2, 0.25) is 5.91 Å². The highest BCUT2D eigenvalue weighted by Gasteiger charge is 2.31. The van der Waals surface area contributed by atoms with Crippen LogP contribution in [0.2, 0.25) is 0 Å². The highest BCUT2D eigenvalue weighted by atomic mass is 35.5. The lowest BCUT2D eigenvalue weighted by Gasteiger charge is -2.15. The quantitative estimate of drug-likeness (QED) is 0.801. The van der Waals surface area contributed by atoms with Gasteiger partial charge in [0.25, 0.3) is 0 Å². The van der Waals surface area contributed by atoms with Crippen LogP contribution in [0.25, 0.3) is 0 Å². The number of nitrogens with one attached hydrogen (secondary N) is 1. The average molecular weight is 320 g/mol. The van der Waals surface area contributed by atoms with Gasteiger partial charge in [0.05, 0.1) is 11.4 Å². The molecule has 1 saturated carbocycles. The third-order valence-corrected chi connectivity index (χ3v) is 4.41. The van der Waals surface area contributed by atoms with Gasteiger partial charge in [-0.15, -0.1) is 24.2 Å². The molecular formula is C13H22ClN3O2S. The Morgan fingerprint density at radius 3 is 2.75 bits per heavy atom. The van der Waals surface area contributed by atoms with E-state index in [2.05, 4.69) is 10.5 Å². The van der Waals surface area contributed by atoms with Crippen LogP contribution in [-0.4, -0.2) is 29.4 Å². The largest absolute Gasteiger partial charge is 0.361 e. The van der Waals surface area contributed by atoms with Gasteiger partial charge >= 0.3 is 0 Å². The number of thioether (sulfide) groups is 1. The number of hydrogen-bond acceptors (Lipinski definition) is 5. The summed E-state index contributed by atoms with van der Waals surface area (Å²) in [6.45, 7) is 4.35. The first-order chi connectivity index (χ1) is 9.11. The predicted octanol–water partition coefficient (Wildman–Crippen LogP) is 1.80. The molecule has 1 aliphatic carbocycles. The summed E-state index contributed by atoms with van der Waals surface area (Å²) in [5.41, 5.74) is 7.66. The summed E-state index contributed by atoms with van der Waals surface area (Å²) in [7, 11) is 0. The van der Waals surface area contributed by atoms with Crippen molar-refractivity contribution in [3.8, 4) is 0 Å². The first kappa shape index (κ1) is 17.3. The molecule has 0 saturated heterocycles. The number of aromatic nitrogens is 1. The summed E-state index contributed by atoms with van der Waals surface area (Å²) in [6.07, 6.45) is 2.38. The van der Waals surface area contributed by atoms with Gasteiger partial charge in [-0.2, -0.15) is 0 Å². The van der Waals surface area contributed by atoms with Crippen LogP contribution < -0.4 is 11.1 Å². The van der Waals surface area contributed by atoms with Gasteiger partial charge in [-0.3, -0.25) is 4.79 Å². The maximum Gasteiger partial charge on any atom is 0.230 e. The number of hydrogen-bond donors (Lipinski definition) is 2. The molecule has 1 heterocycles. The normalized spacial score (nSPS) is 15.6. The number of carbonyl (C=O) groups is 1. The number of amides is 1. The van der Waals surface area contributed by atoms with Crippen molar-refractivity contribution < 1.29 is 9.32 Å². The zero-order valence-corrected chi connectivity index (χ0v) is 13.5. The molecule has 1 aromatic heterocycles. The highest BCUT2D eigenvalue weighted by molar-refractivity contribution is 7.99. The van der Waals surface area contributed by atoms with Gasteiger partial charge in [0, 0.05) is 23.9 Å². The number of rotatable bonds is 7. The average Bonchev–Trinajstić information content (AvgIpc) is 3.17. The topological polar surface area (TPSA) is 81.2 Å². The van der Waals surface area contributed by atoms with Crippen LogP contribution in [0.1, 0.15) is 29.9 Å². The molecule has 3 N–H and O–H groups in total. The molecule has 114 valence electrons. The Bertz CT molecular complexity index is 429. The van der Waals surface area contributed by atoms with Crippen molar-refractivity contribution in [3.05, 3.63) is 17.0 Å². The van der Waals surface area contributed by atoms with Gasteiger partial charge in [-0.25, -0.2) is 0 Å². The maximum absolute atomic E-state index is 11.8. The number of halogens is 1. The van der Waals surface area contributed by atoms with E-state index in [1.165, 1.54) is 12.8 Å². The van der Waals surface area contributed by atoms with Gasteiger partial charge < -0.3 is 15.6 Å². The van der Waals surface area contributed by atoms with E-state index in [9.17, 15) is 4.79 Å². The molecular weight excluding hydrogens is 298 g/mol. The van der Waals surface area contributed by atoms with E-state index in [4.69, 9.17) is 10.3 Å². The van der Waals surface area contributed by atoms with Gasteiger partial charge in [0.15, 0.2) is 0 Å². The fourth-order valence-electron chi connectivity index (χ4n) is 2.07. The SMILES string of the molecule is Cc1noc(C)c1CSCC(=O)NC(CN)C1CC1.Cl. The number of nitrogens with two attached hydrogens (primary N) is 1. The molecule has 0 radical (unpaired) electrons. The van der Waals surface area contributed by atoms with Gasteiger partial charge in [-0.1, -0.05) is 5.16 Å². The predicted molar refractivity (Wildman–Crippen MR) is 83.1 cm³/mol. The van der Waals surface area contributed by atoms with Crippen LogP contribution in [0.4, 0.5) is 0 Å². The fraction of sp³-hybridized carbons (Fsp3) is 0.692. The Kier molecular flexibility index (Phi) is 6.85. The van der Waals surface area contributed by atoms with E-state index < -0.39 is 0 Å². The third-order valence-electron chi connectivity index (χ3n) is 3.45. The van der Waals surface area contributed by atoms with E-state index in [1.807, 2.05) is 13.8 Å². The van der Waals surface area contributed by atoms with Crippen molar-refractivity contribution in [2.45, 2.75) is 38.5 Å². The highest BCUT2D eigenvalue weighted by Crippen LogP contribution is 2.32. The molecule has 1 aliphatic rings. The lowest BCUT2D eigenvalue weighted by molar-refractivity contribution is -0.119. The Balaban J connectivity index is 0.00000200. The summed E-state index contributed by atoms with van der Waals surface area (Å²) < 4.78 is 5.09. The maximum atomic E-state index is 11.8. The van der Waals surface area contributed by atoms with Crippen LogP contribution in [0.3, 0.4) is 0 Å². The summed E-state index contributed by atoms with van der Waals surface area (Å²) in [5, 5.41) is 6.92. The smallest absolute Gasteiger partial charge is 0.230 e. The second-order valence-corrected chi connectivity index (χ2v) is 6.03. The Morgan fingerprint density at radius 1 is 1.55 bits per heavy atom. The van der Waals surface area contributed by atoms with Crippen molar-refractivity contribution in [3.63, 3.8) is 0 Å². The Hall–Kier alpha value is -0.720. The minimum Gasteiger partial charge on any atom is -0.361 e. The van der Waals surface area contributed by atoms with E-state index in [1.54, 1.807) is 11.8 Å². The van der Waals surface area contributed by atoms with Crippen molar-refractivity contribution >= 4 is 30.1 Å². The van der Waals surface area contributed by atoms with Crippen LogP contribution >= 0.6 is 24.2 Å². The van der Waals surface area contributed by atoms with E-state index >= 15 is 0 Å². The third kappa shape index (κ3) is 4.68. The number of carbonyl (C=O) groups excluding carboxylic acids is 1. The molecule has 2 rings (SSSR count). The lowest BCUT2D eigenvalue weighted by atomic mass is 10.2. The van der Waals surface area contributed by atoms with Crippen molar-refractivity contribution in [2.24, 2.45) is 11.7 Å².